The Labute approximate surface area is 130 Å². The Morgan fingerprint density at radius 3 is 2.95 bits per heavy atom. The maximum absolute atomic E-state index is 11.9. The molecule has 1 atom stereocenters. The quantitative estimate of drug-likeness (QED) is 0.912. The van der Waals surface area contributed by atoms with Gasteiger partial charge in [-0.25, -0.2) is 5.43 Å². The summed E-state index contributed by atoms with van der Waals surface area (Å²) in [5.41, 5.74) is 6.19. The second-order valence-corrected chi connectivity index (χ2v) is 6.59. The molecule has 3 aliphatic rings. The van der Waals surface area contributed by atoms with E-state index in [1.165, 1.54) is 30.4 Å². The van der Waals surface area contributed by atoms with E-state index in [2.05, 4.69) is 29.6 Å². The normalized spacial score (nSPS) is 23.7. The molecule has 2 heterocycles. The van der Waals surface area contributed by atoms with Crippen molar-refractivity contribution in [3.63, 3.8) is 0 Å². The lowest BCUT2D eigenvalue weighted by Crippen LogP contribution is -2.55. The number of aryl methyl sites for hydroxylation is 1. The third-order valence-corrected chi connectivity index (χ3v) is 5.11. The number of hydrogen-bond donors (Lipinski definition) is 1. The lowest BCUT2D eigenvalue weighted by Gasteiger charge is -2.38. The number of ether oxygens (including phenoxy) is 1. The van der Waals surface area contributed by atoms with Gasteiger partial charge in [-0.2, -0.15) is 5.10 Å². The number of carbonyl (C=O) groups is 1. The molecule has 1 aromatic rings. The van der Waals surface area contributed by atoms with Gasteiger partial charge >= 0.3 is 0 Å². The van der Waals surface area contributed by atoms with Crippen molar-refractivity contribution in [3.05, 3.63) is 23.3 Å². The average molecular weight is 299 g/mol. The second-order valence-electron chi connectivity index (χ2n) is 6.59. The van der Waals surface area contributed by atoms with E-state index in [9.17, 15) is 4.79 Å². The van der Waals surface area contributed by atoms with Gasteiger partial charge < -0.3 is 9.64 Å². The van der Waals surface area contributed by atoms with E-state index in [0.717, 1.165) is 29.6 Å². The van der Waals surface area contributed by atoms with Crippen molar-refractivity contribution in [2.75, 3.05) is 11.5 Å². The van der Waals surface area contributed by atoms with E-state index in [0.29, 0.717) is 6.61 Å². The molecular formula is C17H21N3O2. The number of amides is 1. The molecule has 0 unspecified atom stereocenters. The Bertz CT molecular complexity index is 664. The van der Waals surface area contributed by atoms with Crippen molar-refractivity contribution in [1.82, 2.24) is 5.43 Å². The van der Waals surface area contributed by atoms with Crippen molar-refractivity contribution in [2.45, 2.75) is 45.6 Å². The Morgan fingerprint density at radius 1 is 1.41 bits per heavy atom. The second kappa shape index (κ2) is 5.00. The number of fused-ring (bicyclic) bond motifs is 3. The Hall–Kier alpha value is -2.04. The zero-order chi connectivity index (χ0) is 15.3. The van der Waals surface area contributed by atoms with E-state index in [4.69, 9.17) is 4.74 Å². The lowest BCUT2D eigenvalue weighted by molar-refractivity contribution is -0.122. The van der Waals surface area contributed by atoms with Crippen LogP contribution in [0.1, 0.15) is 37.3 Å². The van der Waals surface area contributed by atoms with Crippen molar-refractivity contribution in [1.29, 1.82) is 0 Å². The van der Waals surface area contributed by atoms with Crippen LogP contribution in [-0.2, 0) is 11.2 Å². The molecule has 0 aromatic heterocycles. The Balaban J connectivity index is 1.74. The standard InChI is InChI=1S/C17H21N3O2/c1-10-6-15-14(8-13(10)7-12-4-3-5-12)20-11(2)17(21)19-18-16(20)9-22-15/h6,8,11-12H,3-5,7,9H2,1-2H3,(H,19,21)/t11-/m0/s1. The highest BCUT2D eigenvalue weighted by molar-refractivity contribution is 6.09. The maximum atomic E-state index is 11.9. The summed E-state index contributed by atoms with van der Waals surface area (Å²) in [6.45, 7) is 4.46. The van der Waals surface area contributed by atoms with Crippen LogP contribution >= 0.6 is 0 Å². The molecule has 5 heteroatoms. The summed E-state index contributed by atoms with van der Waals surface area (Å²) < 4.78 is 5.83. The fourth-order valence-corrected chi connectivity index (χ4v) is 3.44. The number of hydrogen-bond acceptors (Lipinski definition) is 4. The van der Waals surface area contributed by atoms with Gasteiger partial charge in [-0.05, 0) is 49.4 Å². The monoisotopic (exact) mass is 299 g/mol. The van der Waals surface area contributed by atoms with Gasteiger partial charge in [0.05, 0.1) is 5.69 Å². The van der Waals surface area contributed by atoms with E-state index >= 15 is 0 Å². The number of rotatable bonds is 2. The maximum Gasteiger partial charge on any atom is 0.262 e. The fraction of sp³-hybridized carbons (Fsp3) is 0.529. The van der Waals surface area contributed by atoms with Crippen LogP contribution in [0.15, 0.2) is 17.2 Å². The van der Waals surface area contributed by atoms with Crippen LogP contribution in [0.5, 0.6) is 5.75 Å². The number of hydrazone groups is 1. The van der Waals surface area contributed by atoms with Crippen molar-refractivity contribution in [2.24, 2.45) is 11.0 Å². The van der Waals surface area contributed by atoms with Gasteiger partial charge in [0, 0.05) is 0 Å². The van der Waals surface area contributed by atoms with Gasteiger partial charge in [0.2, 0.25) is 0 Å². The summed E-state index contributed by atoms with van der Waals surface area (Å²) in [5.74, 6) is 2.38. The summed E-state index contributed by atoms with van der Waals surface area (Å²) in [6.07, 6.45) is 5.16. The van der Waals surface area contributed by atoms with E-state index in [-0.39, 0.29) is 11.9 Å². The van der Waals surface area contributed by atoms with Crippen LogP contribution in [-0.4, -0.2) is 24.4 Å². The summed E-state index contributed by atoms with van der Waals surface area (Å²) in [4.78, 5) is 14.0. The van der Waals surface area contributed by atoms with Crippen LogP contribution in [0.3, 0.4) is 0 Å². The van der Waals surface area contributed by atoms with Crippen molar-refractivity contribution >= 4 is 17.4 Å². The van der Waals surface area contributed by atoms with Gasteiger partial charge in [0.15, 0.2) is 5.84 Å². The van der Waals surface area contributed by atoms with Crippen LogP contribution in [0, 0.1) is 12.8 Å². The van der Waals surface area contributed by atoms with Gasteiger partial charge in [0.1, 0.15) is 18.4 Å². The minimum atomic E-state index is -0.255. The van der Waals surface area contributed by atoms with Gasteiger partial charge in [-0.15, -0.1) is 0 Å². The topological polar surface area (TPSA) is 53.9 Å². The Kier molecular flexibility index (Phi) is 3.10. The molecule has 4 rings (SSSR count). The number of anilines is 1. The number of nitrogens with one attached hydrogen (secondary N) is 1. The van der Waals surface area contributed by atoms with Crippen LogP contribution < -0.4 is 15.1 Å². The zero-order valence-electron chi connectivity index (χ0n) is 13.1. The van der Waals surface area contributed by atoms with E-state index in [1.807, 2.05) is 11.8 Å². The molecule has 0 saturated heterocycles. The average Bonchev–Trinajstić information content (AvgIpc) is 2.46. The van der Waals surface area contributed by atoms with Crippen molar-refractivity contribution in [3.8, 4) is 5.75 Å². The van der Waals surface area contributed by atoms with Crippen molar-refractivity contribution < 1.29 is 9.53 Å². The minimum absolute atomic E-state index is 0.0716. The molecule has 116 valence electrons. The largest absolute Gasteiger partial charge is 0.483 e. The summed E-state index contributed by atoms with van der Waals surface area (Å²) in [7, 11) is 0. The third kappa shape index (κ3) is 2.07. The molecule has 0 radical (unpaired) electrons. The molecule has 1 amide bonds. The summed E-state index contributed by atoms with van der Waals surface area (Å²) >= 11 is 0. The predicted octanol–water partition coefficient (Wildman–Crippen LogP) is 2.37. The number of benzene rings is 1. The van der Waals surface area contributed by atoms with E-state index in [1.54, 1.807) is 0 Å². The zero-order valence-corrected chi connectivity index (χ0v) is 13.1. The number of nitrogens with zero attached hydrogens (tertiary/aromatic N) is 2. The SMILES string of the molecule is Cc1cc2c(cc1CC1CCC1)N1C(=NNC(=O)[C@@H]1C)CO2. The molecule has 0 bridgehead atoms. The van der Waals surface area contributed by atoms with Crippen LogP contribution in [0.2, 0.25) is 0 Å². The van der Waals surface area contributed by atoms with E-state index < -0.39 is 0 Å². The molecule has 1 fully saturated rings. The third-order valence-electron chi connectivity index (χ3n) is 5.11. The molecule has 0 spiro atoms. The lowest BCUT2D eigenvalue weighted by atomic mass is 9.80. The molecule has 5 nitrogen and oxygen atoms in total. The van der Waals surface area contributed by atoms with Gasteiger partial charge in [-0.3, -0.25) is 4.79 Å². The summed E-state index contributed by atoms with van der Waals surface area (Å²) in [6, 6.07) is 4.06. The number of amidine groups is 1. The smallest absolute Gasteiger partial charge is 0.262 e. The predicted molar refractivity (Wildman–Crippen MR) is 85.2 cm³/mol. The molecular weight excluding hydrogens is 278 g/mol. The van der Waals surface area contributed by atoms with Crippen LogP contribution in [0.4, 0.5) is 5.69 Å². The molecule has 2 aliphatic heterocycles. The van der Waals surface area contributed by atoms with Gasteiger partial charge in [0.25, 0.3) is 5.91 Å². The number of carbonyl (C=O) groups excluding carboxylic acids is 1. The molecule has 1 aromatic carbocycles. The molecule has 22 heavy (non-hydrogen) atoms. The first-order valence-electron chi connectivity index (χ1n) is 8.05. The summed E-state index contributed by atoms with van der Waals surface area (Å²) in [5, 5.41) is 4.14. The first-order chi connectivity index (χ1) is 10.6. The first-order valence-corrected chi connectivity index (χ1v) is 8.05. The van der Waals surface area contributed by atoms with Gasteiger partial charge in [-0.1, -0.05) is 19.3 Å². The molecule has 1 N–H and O–H groups in total. The van der Waals surface area contributed by atoms with Crippen LogP contribution in [0.25, 0.3) is 0 Å². The highest BCUT2D eigenvalue weighted by Gasteiger charge is 2.35. The Morgan fingerprint density at radius 2 is 2.23 bits per heavy atom. The highest BCUT2D eigenvalue weighted by Crippen LogP contribution is 2.39. The minimum Gasteiger partial charge on any atom is -0.483 e. The molecule has 1 saturated carbocycles. The highest BCUT2D eigenvalue weighted by atomic mass is 16.5. The fourth-order valence-electron chi connectivity index (χ4n) is 3.44. The first kappa shape index (κ1) is 13.6. The molecule has 1 aliphatic carbocycles.